The SMILES string of the molecule is C[Si](C)(C)c1ccc2ccc3cccnc3c2c1O.[CH3-].[CH3-].[Zr+2]. The topological polar surface area (TPSA) is 33.1 Å². The Hall–Kier alpha value is -0.990. The number of aromatic nitrogens is 1. The van der Waals surface area contributed by atoms with Crippen LogP contribution < -0.4 is 5.19 Å². The molecule has 0 fully saturated rings. The largest absolute Gasteiger partial charge is 2.00 e. The number of rotatable bonds is 1. The molecule has 0 bridgehead atoms. The van der Waals surface area contributed by atoms with Gasteiger partial charge in [0, 0.05) is 17.0 Å². The summed E-state index contributed by atoms with van der Waals surface area (Å²) in [4.78, 5) is 4.45. The predicted molar refractivity (Wildman–Crippen MR) is 96.7 cm³/mol. The summed E-state index contributed by atoms with van der Waals surface area (Å²) in [7, 11) is -1.56. The minimum Gasteiger partial charge on any atom is -0.507 e. The Morgan fingerprint density at radius 3 is 2.14 bits per heavy atom. The van der Waals surface area contributed by atoms with Crippen molar-refractivity contribution in [3.8, 4) is 5.75 Å². The molecule has 0 saturated carbocycles. The standard InChI is InChI=1S/C16H17NOSi.2CH3.Zr/c1-19(2,3)13-9-8-11-6-7-12-5-4-10-17-15(12)14(11)16(13)18;;;/h4-10,18H,1-3H3;2*1H3;/q;2*-1;+2. The van der Waals surface area contributed by atoms with Crippen molar-refractivity contribution >= 4 is 34.9 Å². The molecule has 0 aliphatic heterocycles. The molecule has 22 heavy (non-hydrogen) atoms. The Balaban J connectivity index is 0.00000147. The van der Waals surface area contributed by atoms with E-state index >= 15 is 0 Å². The molecule has 114 valence electrons. The molecule has 1 N–H and O–H groups in total. The minimum atomic E-state index is -1.56. The van der Waals surface area contributed by atoms with Crippen LogP contribution in [-0.2, 0) is 26.2 Å². The van der Waals surface area contributed by atoms with Crippen molar-refractivity contribution in [3.63, 3.8) is 0 Å². The van der Waals surface area contributed by atoms with Gasteiger partial charge in [-0.15, -0.1) is 0 Å². The molecule has 4 heteroatoms. The summed E-state index contributed by atoms with van der Waals surface area (Å²) in [5.41, 5.74) is 0.887. The Kier molecular flexibility index (Phi) is 7.18. The number of phenolic OH excluding ortho intramolecular Hbond substituents is 1. The normalized spacial score (nSPS) is 10.5. The molecule has 2 nitrogen and oxygen atoms in total. The Labute approximate surface area is 153 Å². The number of pyridine rings is 1. The number of aromatic hydroxyl groups is 1. The number of benzene rings is 2. The van der Waals surface area contributed by atoms with Crippen molar-refractivity contribution in [1.29, 1.82) is 0 Å². The van der Waals surface area contributed by atoms with E-state index in [0.717, 1.165) is 26.9 Å². The van der Waals surface area contributed by atoms with E-state index in [1.54, 1.807) is 6.20 Å². The van der Waals surface area contributed by atoms with Gasteiger partial charge in [-0.2, -0.15) is 0 Å². The van der Waals surface area contributed by atoms with Gasteiger partial charge in [-0.25, -0.2) is 0 Å². The van der Waals surface area contributed by atoms with E-state index in [1.807, 2.05) is 18.2 Å². The molecule has 1 aromatic heterocycles. The molecule has 0 saturated heterocycles. The van der Waals surface area contributed by atoms with Crippen molar-refractivity contribution in [2.75, 3.05) is 0 Å². The van der Waals surface area contributed by atoms with Crippen LogP contribution in [-0.4, -0.2) is 18.2 Å². The first-order valence-corrected chi connectivity index (χ1v) is 9.98. The van der Waals surface area contributed by atoms with Crippen LogP contribution in [0.4, 0.5) is 0 Å². The summed E-state index contributed by atoms with van der Waals surface area (Å²) < 4.78 is 0. The fourth-order valence-electron chi connectivity index (χ4n) is 2.54. The van der Waals surface area contributed by atoms with E-state index in [2.05, 4.69) is 42.8 Å². The maximum Gasteiger partial charge on any atom is 2.00 e. The van der Waals surface area contributed by atoms with Gasteiger partial charge in [0.05, 0.1) is 13.6 Å². The molecule has 1 heterocycles. The third-order valence-electron chi connectivity index (χ3n) is 3.54. The smallest absolute Gasteiger partial charge is 0.507 e. The fourth-order valence-corrected chi connectivity index (χ4v) is 3.96. The van der Waals surface area contributed by atoms with Gasteiger partial charge in [0.1, 0.15) is 5.75 Å². The summed E-state index contributed by atoms with van der Waals surface area (Å²) in [6, 6.07) is 12.2. The van der Waals surface area contributed by atoms with Crippen LogP contribution in [0, 0.1) is 14.9 Å². The number of phenols is 1. The quantitative estimate of drug-likeness (QED) is 0.377. The van der Waals surface area contributed by atoms with Gasteiger partial charge < -0.3 is 20.0 Å². The number of hydrogen-bond acceptors (Lipinski definition) is 2. The second kappa shape index (κ2) is 7.52. The first kappa shape index (κ1) is 21.0. The van der Waals surface area contributed by atoms with Gasteiger partial charge in [0.2, 0.25) is 0 Å². The zero-order valence-corrected chi connectivity index (χ0v) is 17.4. The van der Waals surface area contributed by atoms with Crippen LogP contribution >= 0.6 is 0 Å². The third kappa shape index (κ3) is 3.49. The van der Waals surface area contributed by atoms with Gasteiger partial charge in [0.25, 0.3) is 0 Å². The van der Waals surface area contributed by atoms with Gasteiger partial charge in [0.15, 0.2) is 0 Å². The molecular weight excluding hydrogens is 366 g/mol. The second-order valence-corrected chi connectivity index (χ2v) is 11.0. The number of fused-ring (bicyclic) bond motifs is 3. The summed E-state index contributed by atoms with van der Waals surface area (Å²) in [5, 5.41) is 14.8. The van der Waals surface area contributed by atoms with E-state index in [9.17, 15) is 5.11 Å². The zero-order valence-electron chi connectivity index (χ0n) is 13.9. The van der Waals surface area contributed by atoms with Gasteiger partial charge >= 0.3 is 26.2 Å². The Bertz CT molecular complexity index is 781. The Morgan fingerprint density at radius 1 is 0.909 bits per heavy atom. The molecule has 2 aromatic carbocycles. The average molecular weight is 389 g/mol. The molecular formula is C18H23NOSiZr. The van der Waals surface area contributed by atoms with Crippen molar-refractivity contribution in [1.82, 2.24) is 4.98 Å². The molecule has 0 amide bonds. The second-order valence-electron chi connectivity index (χ2n) is 5.95. The van der Waals surface area contributed by atoms with Crippen molar-refractivity contribution in [2.45, 2.75) is 19.6 Å². The van der Waals surface area contributed by atoms with Crippen LogP contribution in [0.1, 0.15) is 0 Å². The molecule has 3 aromatic rings. The van der Waals surface area contributed by atoms with Crippen molar-refractivity contribution < 1.29 is 31.3 Å². The van der Waals surface area contributed by atoms with Gasteiger partial charge in [-0.3, -0.25) is 4.98 Å². The Morgan fingerprint density at radius 2 is 1.50 bits per heavy atom. The third-order valence-corrected chi connectivity index (χ3v) is 5.56. The summed E-state index contributed by atoms with van der Waals surface area (Å²) in [6.07, 6.45) is 1.78. The van der Waals surface area contributed by atoms with Gasteiger partial charge in [-0.05, 0) is 16.6 Å². The fraction of sp³-hybridized carbons (Fsp3) is 0.167. The molecule has 0 aliphatic rings. The van der Waals surface area contributed by atoms with Gasteiger partial charge in [-0.1, -0.05) is 50.0 Å². The maximum absolute atomic E-state index is 10.7. The van der Waals surface area contributed by atoms with E-state index in [4.69, 9.17) is 0 Å². The first-order chi connectivity index (χ1) is 8.98. The summed E-state index contributed by atoms with van der Waals surface area (Å²) in [5.74, 6) is 0.418. The van der Waals surface area contributed by atoms with Crippen LogP contribution in [0.15, 0.2) is 42.6 Å². The van der Waals surface area contributed by atoms with Crippen molar-refractivity contribution in [2.24, 2.45) is 0 Å². The van der Waals surface area contributed by atoms with E-state index < -0.39 is 8.07 Å². The van der Waals surface area contributed by atoms with Crippen LogP contribution in [0.25, 0.3) is 21.7 Å². The molecule has 0 aliphatic carbocycles. The van der Waals surface area contributed by atoms with E-state index in [1.165, 1.54) is 0 Å². The monoisotopic (exact) mass is 387 g/mol. The summed E-state index contributed by atoms with van der Waals surface area (Å²) in [6.45, 7) is 6.73. The summed E-state index contributed by atoms with van der Waals surface area (Å²) >= 11 is 0. The van der Waals surface area contributed by atoms with E-state index in [0.29, 0.717) is 5.75 Å². The maximum atomic E-state index is 10.7. The number of hydrogen-bond donors (Lipinski definition) is 1. The molecule has 0 atom stereocenters. The number of nitrogens with zero attached hydrogens (tertiary/aromatic N) is 1. The van der Waals surface area contributed by atoms with E-state index in [-0.39, 0.29) is 41.1 Å². The van der Waals surface area contributed by atoms with Crippen LogP contribution in [0.3, 0.4) is 0 Å². The predicted octanol–water partition coefficient (Wildman–Crippen LogP) is 4.54. The van der Waals surface area contributed by atoms with Crippen LogP contribution in [0.5, 0.6) is 5.75 Å². The molecule has 0 unspecified atom stereocenters. The first-order valence-electron chi connectivity index (χ1n) is 6.48. The average Bonchev–Trinajstić information content (AvgIpc) is 2.37. The molecule has 3 rings (SSSR count). The molecule has 0 radical (unpaired) electrons. The molecule has 0 spiro atoms. The minimum absolute atomic E-state index is 0. The zero-order chi connectivity index (χ0) is 13.6. The van der Waals surface area contributed by atoms with Crippen molar-refractivity contribution in [3.05, 3.63) is 57.4 Å². The van der Waals surface area contributed by atoms with Crippen LogP contribution in [0.2, 0.25) is 19.6 Å².